The van der Waals surface area contributed by atoms with Gasteiger partial charge in [-0.2, -0.15) is 13.2 Å². The van der Waals surface area contributed by atoms with Crippen LogP contribution in [0.3, 0.4) is 0 Å². The van der Waals surface area contributed by atoms with Gasteiger partial charge in [0.15, 0.2) is 5.78 Å². The largest absolute Gasteiger partial charge is 0.416 e. The Morgan fingerprint density at radius 3 is 2.04 bits per heavy atom. The highest BCUT2D eigenvalue weighted by Gasteiger charge is 2.57. The van der Waals surface area contributed by atoms with E-state index in [1.54, 1.807) is 0 Å². The second-order valence-electron chi connectivity index (χ2n) is 7.98. The highest BCUT2D eigenvalue weighted by atomic mass is 19.4. The molecule has 4 heteroatoms. The Bertz CT molecular complexity index is 924. The van der Waals surface area contributed by atoms with Crippen molar-refractivity contribution in [2.24, 2.45) is 23.7 Å². The molecule has 0 N–H and O–H groups in total. The van der Waals surface area contributed by atoms with Crippen molar-refractivity contribution in [1.82, 2.24) is 0 Å². The van der Waals surface area contributed by atoms with Crippen molar-refractivity contribution >= 4 is 16.9 Å². The first-order valence-electron chi connectivity index (χ1n) is 9.46. The van der Waals surface area contributed by atoms with Crippen LogP contribution in [-0.4, -0.2) is 5.78 Å². The standard InChI is InChI=1S/C23H19F3O/c24-23(25,26)17-10-8-14(9-11-17)20-18(13-4-2-1-3-5-13)19-15-6-7-16(12-15)21(19)22(20)27/h1-5,8-11,15-16,19,21H,6-7,12H2/t15-,16+,19?,21?/m1/s1. The van der Waals surface area contributed by atoms with Gasteiger partial charge in [0, 0.05) is 11.5 Å². The molecule has 2 unspecified atom stereocenters. The number of carbonyl (C=O) groups excluding carboxylic acids is 1. The average molecular weight is 368 g/mol. The van der Waals surface area contributed by atoms with Gasteiger partial charge >= 0.3 is 6.18 Å². The number of rotatable bonds is 2. The van der Waals surface area contributed by atoms with E-state index in [4.69, 9.17) is 0 Å². The maximum atomic E-state index is 13.4. The Labute approximate surface area is 155 Å². The zero-order valence-electron chi connectivity index (χ0n) is 14.7. The van der Waals surface area contributed by atoms with Crippen molar-refractivity contribution in [2.75, 3.05) is 0 Å². The molecule has 3 aliphatic carbocycles. The van der Waals surface area contributed by atoms with Gasteiger partial charge in [0.05, 0.1) is 5.56 Å². The van der Waals surface area contributed by atoms with Crippen LogP contribution in [0.5, 0.6) is 0 Å². The van der Waals surface area contributed by atoms with E-state index in [0.717, 1.165) is 42.5 Å². The lowest BCUT2D eigenvalue weighted by Crippen LogP contribution is -2.24. The number of alkyl halides is 3. The summed E-state index contributed by atoms with van der Waals surface area (Å²) in [6.45, 7) is 0. The number of Topliss-reactive ketones (excluding diaryl/α,β-unsaturated/α-hetero) is 1. The maximum absolute atomic E-state index is 13.4. The minimum absolute atomic E-state index is 0.0104. The average Bonchev–Trinajstić information content (AvgIpc) is 3.34. The second-order valence-corrected chi connectivity index (χ2v) is 7.98. The molecule has 2 bridgehead atoms. The molecule has 0 aromatic heterocycles. The van der Waals surface area contributed by atoms with Crippen LogP contribution in [0.15, 0.2) is 54.6 Å². The van der Waals surface area contributed by atoms with Crippen LogP contribution in [0, 0.1) is 23.7 Å². The molecule has 2 aromatic carbocycles. The minimum atomic E-state index is -4.37. The van der Waals surface area contributed by atoms with Gasteiger partial charge < -0.3 is 0 Å². The second kappa shape index (κ2) is 5.82. The Balaban J connectivity index is 1.67. The number of hydrogen-bond acceptors (Lipinski definition) is 1. The summed E-state index contributed by atoms with van der Waals surface area (Å²) >= 11 is 0. The van der Waals surface area contributed by atoms with Crippen LogP contribution < -0.4 is 0 Å². The number of allylic oxidation sites excluding steroid dienone is 2. The molecule has 27 heavy (non-hydrogen) atoms. The summed E-state index contributed by atoms with van der Waals surface area (Å²) in [5.41, 5.74) is 2.65. The van der Waals surface area contributed by atoms with Crippen LogP contribution in [0.4, 0.5) is 13.2 Å². The fourth-order valence-electron chi connectivity index (χ4n) is 5.63. The number of halogens is 3. The molecule has 4 atom stereocenters. The third-order valence-electron chi connectivity index (χ3n) is 6.65. The highest BCUT2D eigenvalue weighted by Crippen LogP contribution is 2.62. The summed E-state index contributed by atoms with van der Waals surface area (Å²) in [4.78, 5) is 13.4. The summed E-state index contributed by atoms with van der Waals surface area (Å²) < 4.78 is 38.8. The van der Waals surface area contributed by atoms with E-state index in [1.807, 2.05) is 30.3 Å². The molecule has 138 valence electrons. The normalized spacial score (nSPS) is 29.5. The Morgan fingerprint density at radius 1 is 0.778 bits per heavy atom. The zero-order chi connectivity index (χ0) is 18.8. The molecule has 0 aliphatic heterocycles. The Kier molecular flexibility index (Phi) is 3.62. The molecule has 5 rings (SSSR count). The summed E-state index contributed by atoms with van der Waals surface area (Å²) in [7, 11) is 0. The first-order chi connectivity index (χ1) is 12.9. The van der Waals surface area contributed by atoms with Gasteiger partial charge in [-0.25, -0.2) is 0 Å². The molecular formula is C23H19F3O. The van der Waals surface area contributed by atoms with Crippen molar-refractivity contribution < 1.29 is 18.0 Å². The number of benzene rings is 2. The maximum Gasteiger partial charge on any atom is 0.416 e. The van der Waals surface area contributed by atoms with Crippen LogP contribution in [0.25, 0.3) is 11.1 Å². The fraction of sp³-hybridized carbons (Fsp3) is 0.348. The summed E-state index contributed by atoms with van der Waals surface area (Å²) in [5.74, 6) is 1.31. The lowest BCUT2D eigenvalue weighted by molar-refractivity contribution is -0.137. The molecule has 3 aliphatic rings. The SMILES string of the molecule is O=C1C(c2ccc(C(F)(F)F)cc2)=C(c2ccccc2)C2C1[C@H]1CC[C@@H]2C1. The molecule has 2 aromatic rings. The Hall–Kier alpha value is -2.36. The van der Waals surface area contributed by atoms with Crippen LogP contribution >= 0.6 is 0 Å². The van der Waals surface area contributed by atoms with Crippen molar-refractivity contribution in [3.8, 4) is 0 Å². The molecule has 0 radical (unpaired) electrons. The molecule has 0 amide bonds. The molecule has 2 saturated carbocycles. The third-order valence-corrected chi connectivity index (χ3v) is 6.65. The number of carbonyl (C=O) groups is 1. The fourth-order valence-corrected chi connectivity index (χ4v) is 5.63. The number of fused-ring (bicyclic) bond motifs is 5. The van der Waals surface area contributed by atoms with Gasteiger partial charge in [-0.3, -0.25) is 4.79 Å². The van der Waals surface area contributed by atoms with E-state index in [9.17, 15) is 18.0 Å². The number of ketones is 1. The minimum Gasteiger partial charge on any atom is -0.294 e. The van der Waals surface area contributed by atoms with Gasteiger partial charge in [-0.05, 0) is 65.8 Å². The molecule has 0 spiro atoms. The van der Waals surface area contributed by atoms with Gasteiger partial charge in [0.2, 0.25) is 0 Å². The smallest absolute Gasteiger partial charge is 0.294 e. The number of hydrogen-bond donors (Lipinski definition) is 0. The highest BCUT2D eigenvalue weighted by molar-refractivity contribution is 6.32. The lowest BCUT2D eigenvalue weighted by Gasteiger charge is -2.26. The van der Waals surface area contributed by atoms with E-state index in [-0.39, 0.29) is 17.6 Å². The molecule has 1 nitrogen and oxygen atoms in total. The van der Waals surface area contributed by atoms with Crippen molar-refractivity contribution in [3.05, 3.63) is 71.3 Å². The van der Waals surface area contributed by atoms with Crippen molar-refractivity contribution in [2.45, 2.75) is 25.4 Å². The van der Waals surface area contributed by atoms with Crippen LogP contribution in [0.1, 0.15) is 36.0 Å². The van der Waals surface area contributed by atoms with Crippen LogP contribution in [-0.2, 0) is 11.0 Å². The molecular weight excluding hydrogens is 349 g/mol. The summed E-state index contributed by atoms with van der Waals surface area (Å²) in [5, 5.41) is 0. The lowest BCUT2D eigenvalue weighted by atomic mass is 9.77. The third kappa shape index (κ3) is 2.49. The van der Waals surface area contributed by atoms with E-state index >= 15 is 0 Å². The van der Waals surface area contributed by atoms with Gasteiger partial charge in [0.25, 0.3) is 0 Å². The first kappa shape index (κ1) is 16.8. The topological polar surface area (TPSA) is 17.1 Å². The van der Waals surface area contributed by atoms with Crippen molar-refractivity contribution in [3.63, 3.8) is 0 Å². The summed E-state index contributed by atoms with van der Waals surface area (Å²) in [6, 6.07) is 15.0. The Morgan fingerprint density at radius 2 is 1.41 bits per heavy atom. The van der Waals surface area contributed by atoms with Gasteiger partial charge in [-0.1, -0.05) is 42.5 Å². The van der Waals surface area contributed by atoms with E-state index < -0.39 is 11.7 Å². The predicted molar refractivity (Wildman–Crippen MR) is 97.5 cm³/mol. The molecule has 2 fully saturated rings. The molecule has 0 saturated heterocycles. The zero-order valence-corrected chi connectivity index (χ0v) is 14.7. The van der Waals surface area contributed by atoms with E-state index in [0.29, 0.717) is 23.0 Å². The van der Waals surface area contributed by atoms with Crippen molar-refractivity contribution in [1.29, 1.82) is 0 Å². The monoisotopic (exact) mass is 368 g/mol. The predicted octanol–water partition coefficient (Wildman–Crippen LogP) is 5.86. The van der Waals surface area contributed by atoms with E-state index in [2.05, 4.69) is 0 Å². The van der Waals surface area contributed by atoms with E-state index in [1.165, 1.54) is 12.1 Å². The van der Waals surface area contributed by atoms with Crippen LogP contribution in [0.2, 0.25) is 0 Å². The van der Waals surface area contributed by atoms with Gasteiger partial charge in [-0.15, -0.1) is 0 Å². The summed E-state index contributed by atoms with van der Waals surface area (Å²) in [6.07, 6.45) is -1.02. The molecule has 0 heterocycles. The quantitative estimate of drug-likeness (QED) is 0.649. The van der Waals surface area contributed by atoms with Gasteiger partial charge in [0.1, 0.15) is 0 Å². The first-order valence-corrected chi connectivity index (χ1v) is 9.46.